The summed E-state index contributed by atoms with van der Waals surface area (Å²) in [6.45, 7) is 1.92. The number of benzene rings is 2. The van der Waals surface area contributed by atoms with Gasteiger partial charge >= 0.3 is 0 Å². The van der Waals surface area contributed by atoms with Gasteiger partial charge in [0.1, 0.15) is 11.9 Å². The van der Waals surface area contributed by atoms with Crippen molar-refractivity contribution in [3.8, 4) is 5.75 Å². The molecule has 0 bridgehead atoms. The molecule has 30 heavy (non-hydrogen) atoms. The SMILES string of the molecule is O=C(c1cccc2ncccc12)N1CCC2(CC1)C[C@@H](Oc1cccc(Cl)c1)CO2. The van der Waals surface area contributed by atoms with Gasteiger partial charge in [-0.15, -0.1) is 0 Å². The number of piperidine rings is 1. The quantitative estimate of drug-likeness (QED) is 0.612. The standard InChI is InChI=1S/C24H23ClN2O3/c25-17-4-1-5-18(14-17)30-19-15-24(29-16-19)9-12-27(13-10-24)23(28)21-6-2-8-22-20(21)7-3-11-26-22/h1-8,11,14,19H,9-10,12-13,15-16H2/t19-/m1/s1. The molecular formula is C24H23ClN2O3. The van der Waals surface area contributed by atoms with Crippen molar-refractivity contribution in [3.63, 3.8) is 0 Å². The number of carbonyl (C=O) groups excluding carboxylic acids is 1. The molecule has 0 N–H and O–H groups in total. The van der Waals surface area contributed by atoms with Crippen LogP contribution in [0.1, 0.15) is 29.6 Å². The molecule has 2 aliphatic heterocycles. The number of hydrogen-bond donors (Lipinski definition) is 0. The molecule has 2 fully saturated rings. The maximum Gasteiger partial charge on any atom is 0.254 e. The van der Waals surface area contributed by atoms with Crippen molar-refractivity contribution in [2.75, 3.05) is 19.7 Å². The molecule has 6 heteroatoms. The van der Waals surface area contributed by atoms with E-state index in [0.29, 0.717) is 30.3 Å². The minimum Gasteiger partial charge on any atom is -0.488 e. The lowest BCUT2D eigenvalue weighted by Crippen LogP contribution is -2.46. The monoisotopic (exact) mass is 422 g/mol. The highest BCUT2D eigenvalue weighted by Gasteiger charge is 2.44. The fraction of sp³-hybridized carbons (Fsp3) is 0.333. The summed E-state index contributed by atoms with van der Waals surface area (Å²) in [6.07, 6.45) is 4.23. The number of hydrogen-bond acceptors (Lipinski definition) is 4. The largest absolute Gasteiger partial charge is 0.488 e. The minimum absolute atomic E-state index is 0.00913. The topological polar surface area (TPSA) is 51.7 Å². The molecule has 1 aromatic heterocycles. The van der Waals surface area contributed by atoms with Crippen LogP contribution in [-0.2, 0) is 4.74 Å². The Balaban J connectivity index is 1.23. The number of ether oxygens (including phenoxy) is 2. The van der Waals surface area contributed by atoms with Crippen LogP contribution in [0.5, 0.6) is 5.75 Å². The Hall–Kier alpha value is -2.63. The molecule has 0 aliphatic carbocycles. The van der Waals surface area contributed by atoms with Crippen LogP contribution in [0.3, 0.4) is 0 Å². The second-order valence-electron chi connectivity index (χ2n) is 8.06. The van der Waals surface area contributed by atoms with Crippen molar-refractivity contribution in [3.05, 3.63) is 71.4 Å². The van der Waals surface area contributed by atoms with Crippen LogP contribution in [0.25, 0.3) is 10.9 Å². The molecule has 1 amide bonds. The van der Waals surface area contributed by atoms with Gasteiger partial charge in [-0.05, 0) is 49.2 Å². The van der Waals surface area contributed by atoms with E-state index in [4.69, 9.17) is 21.1 Å². The van der Waals surface area contributed by atoms with Gasteiger partial charge in [-0.3, -0.25) is 9.78 Å². The lowest BCUT2D eigenvalue weighted by molar-refractivity contribution is -0.0395. The number of carbonyl (C=O) groups is 1. The molecular weight excluding hydrogens is 400 g/mol. The van der Waals surface area contributed by atoms with Crippen LogP contribution in [0.4, 0.5) is 0 Å². The van der Waals surface area contributed by atoms with E-state index in [9.17, 15) is 4.79 Å². The molecule has 5 rings (SSSR count). The highest BCUT2D eigenvalue weighted by Crippen LogP contribution is 2.38. The van der Waals surface area contributed by atoms with Gasteiger partial charge in [0.2, 0.25) is 0 Å². The molecule has 0 saturated carbocycles. The third kappa shape index (κ3) is 3.75. The maximum atomic E-state index is 13.2. The zero-order valence-corrected chi connectivity index (χ0v) is 17.3. The summed E-state index contributed by atoms with van der Waals surface area (Å²) in [7, 11) is 0. The highest BCUT2D eigenvalue weighted by atomic mass is 35.5. The Kier molecular flexibility index (Phi) is 5.09. The summed E-state index contributed by atoms with van der Waals surface area (Å²) in [5, 5.41) is 1.56. The Morgan fingerprint density at radius 1 is 1.13 bits per heavy atom. The van der Waals surface area contributed by atoms with E-state index >= 15 is 0 Å². The summed E-state index contributed by atoms with van der Waals surface area (Å²) in [6, 6.07) is 17.0. The number of likely N-dealkylation sites (tertiary alicyclic amines) is 1. The van der Waals surface area contributed by atoms with Gasteiger partial charge in [0.15, 0.2) is 0 Å². The Labute approximate surface area is 180 Å². The van der Waals surface area contributed by atoms with Gasteiger partial charge in [-0.2, -0.15) is 0 Å². The molecule has 3 heterocycles. The third-order valence-electron chi connectivity index (χ3n) is 6.11. The molecule has 2 saturated heterocycles. The summed E-state index contributed by atoms with van der Waals surface area (Å²) in [4.78, 5) is 19.5. The smallest absolute Gasteiger partial charge is 0.254 e. The Morgan fingerprint density at radius 3 is 2.80 bits per heavy atom. The lowest BCUT2D eigenvalue weighted by atomic mass is 9.87. The minimum atomic E-state index is -0.208. The van der Waals surface area contributed by atoms with Crippen molar-refractivity contribution in [2.24, 2.45) is 0 Å². The number of aromatic nitrogens is 1. The van der Waals surface area contributed by atoms with Crippen molar-refractivity contribution < 1.29 is 14.3 Å². The van der Waals surface area contributed by atoms with Crippen molar-refractivity contribution >= 4 is 28.4 Å². The van der Waals surface area contributed by atoms with E-state index < -0.39 is 0 Å². The predicted molar refractivity (Wildman–Crippen MR) is 116 cm³/mol. The van der Waals surface area contributed by atoms with Gasteiger partial charge < -0.3 is 14.4 Å². The zero-order valence-electron chi connectivity index (χ0n) is 16.6. The fourth-order valence-corrected chi connectivity index (χ4v) is 4.72. The van der Waals surface area contributed by atoms with Crippen molar-refractivity contribution in [2.45, 2.75) is 31.0 Å². The molecule has 3 aromatic rings. The summed E-state index contributed by atoms with van der Waals surface area (Å²) in [5.74, 6) is 0.832. The average Bonchev–Trinajstić information content (AvgIpc) is 3.15. The summed E-state index contributed by atoms with van der Waals surface area (Å²) in [5.41, 5.74) is 1.35. The normalized spacial score (nSPS) is 20.6. The van der Waals surface area contributed by atoms with E-state index in [1.807, 2.05) is 59.5 Å². The average molecular weight is 423 g/mol. The number of amides is 1. The first kappa shape index (κ1) is 19.3. The first-order valence-corrected chi connectivity index (χ1v) is 10.7. The molecule has 0 unspecified atom stereocenters. The molecule has 2 aliphatic rings. The van der Waals surface area contributed by atoms with E-state index in [1.54, 1.807) is 6.20 Å². The van der Waals surface area contributed by atoms with Crippen LogP contribution in [0, 0.1) is 0 Å². The fourth-order valence-electron chi connectivity index (χ4n) is 4.54. The van der Waals surface area contributed by atoms with Crippen molar-refractivity contribution in [1.29, 1.82) is 0 Å². The maximum absolute atomic E-state index is 13.2. The van der Waals surface area contributed by atoms with Crippen LogP contribution >= 0.6 is 11.6 Å². The first-order valence-electron chi connectivity index (χ1n) is 10.3. The first-order chi connectivity index (χ1) is 14.6. The van der Waals surface area contributed by atoms with Crippen LogP contribution in [0.15, 0.2) is 60.8 Å². The van der Waals surface area contributed by atoms with Crippen LogP contribution in [-0.4, -0.2) is 47.2 Å². The second kappa shape index (κ2) is 7.89. The van der Waals surface area contributed by atoms with Gasteiger partial charge in [-0.25, -0.2) is 0 Å². The van der Waals surface area contributed by atoms with Gasteiger partial charge in [0, 0.05) is 41.7 Å². The molecule has 5 nitrogen and oxygen atoms in total. The zero-order chi connectivity index (χ0) is 20.6. The Morgan fingerprint density at radius 2 is 1.97 bits per heavy atom. The molecule has 1 spiro atoms. The molecule has 1 atom stereocenters. The molecule has 2 aromatic carbocycles. The van der Waals surface area contributed by atoms with E-state index in [1.165, 1.54) is 0 Å². The van der Waals surface area contributed by atoms with E-state index in [-0.39, 0.29) is 17.6 Å². The summed E-state index contributed by atoms with van der Waals surface area (Å²) >= 11 is 6.05. The highest BCUT2D eigenvalue weighted by molar-refractivity contribution is 6.30. The second-order valence-corrected chi connectivity index (χ2v) is 8.50. The van der Waals surface area contributed by atoms with E-state index in [0.717, 1.165) is 35.9 Å². The number of fused-ring (bicyclic) bond motifs is 1. The lowest BCUT2D eigenvalue weighted by Gasteiger charge is -2.38. The Bertz CT molecular complexity index is 1070. The number of halogens is 1. The van der Waals surface area contributed by atoms with E-state index in [2.05, 4.69) is 4.98 Å². The number of nitrogens with zero attached hydrogens (tertiary/aromatic N) is 2. The predicted octanol–water partition coefficient (Wildman–Crippen LogP) is 4.73. The summed E-state index contributed by atoms with van der Waals surface area (Å²) < 4.78 is 12.3. The molecule has 154 valence electrons. The number of pyridine rings is 1. The van der Waals surface area contributed by atoms with Crippen LogP contribution in [0.2, 0.25) is 5.02 Å². The van der Waals surface area contributed by atoms with Gasteiger partial charge in [0.05, 0.1) is 17.7 Å². The molecule has 0 radical (unpaired) electrons. The number of rotatable bonds is 3. The van der Waals surface area contributed by atoms with Gasteiger partial charge in [-0.1, -0.05) is 29.8 Å². The third-order valence-corrected chi connectivity index (χ3v) is 6.35. The van der Waals surface area contributed by atoms with Crippen LogP contribution < -0.4 is 4.74 Å². The van der Waals surface area contributed by atoms with Crippen molar-refractivity contribution in [1.82, 2.24) is 9.88 Å². The van der Waals surface area contributed by atoms with Gasteiger partial charge in [0.25, 0.3) is 5.91 Å².